The summed E-state index contributed by atoms with van der Waals surface area (Å²) < 4.78 is 0. The molecule has 3 unspecified atom stereocenters. The van der Waals surface area contributed by atoms with Crippen molar-refractivity contribution in [3.05, 3.63) is 29.3 Å². The quantitative estimate of drug-likeness (QED) is 0.872. The van der Waals surface area contributed by atoms with Crippen LogP contribution in [0.3, 0.4) is 0 Å². The van der Waals surface area contributed by atoms with Crippen LogP contribution in [0.5, 0.6) is 5.75 Å². The highest BCUT2D eigenvalue weighted by molar-refractivity contribution is 5.96. The van der Waals surface area contributed by atoms with Gasteiger partial charge >= 0.3 is 0 Å². The van der Waals surface area contributed by atoms with E-state index in [2.05, 4.69) is 26.1 Å². The summed E-state index contributed by atoms with van der Waals surface area (Å²) in [7, 11) is 0. The third kappa shape index (κ3) is 2.14. The van der Waals surface area contributed by atoms with Crippen LogP contribution in [0.4, 0.5) is 0 Å². The van der Waals surface area contributed by atoms with E-state index in [0.717, 1.165) is 5.56 Å². The van der Waals surface area contributed by atoms with Crippen LogP contribution in [-0.4, -0.2) is 17.1 Å². The number of aryl methyl sites for hydroxylation is 1. The Morgan fingerprint density at radius 3 is 2.62 bits per heavy atom. The van der Waals surface area contributed by atoms with Crippen molar-refractivity contribution in [2.45, 2.75) is 53.0 Å². The monoisotopic (exact) mass is 287 g/mol. The van der Waals surface area contributed by atoms with Gasteiger partial charge in [-0.05, 0) is 66.7 Å². The van der Waals surface area contributed by atoms with E-state index >= 15 is 0 Å². The van der Waals surface area contributed by atoms with Gasteiger partial charge in [-0.2, -0.15) is 0 Å². The molecule has 0 saturated heterocycles. The molecule has 2 aliphatic rings. The molecule has 0 aliphatic heterocycles. The number of benzene rings is 1. The molecule has 114 valence electrons. The van der Waals surface area contributed by atoms with Crippen LogP contribution in [0, 0.1) is 23.7 Å². The Labute approximate surface area is 126 Å². The molecule has 2 aliphatic carbocycles. The van der Waals surface area contributed by atoms with Crippen LogP contribution in [-0.2, 0) is 0 Å². The maximum absolute atomic E-state index is 12.6. The maximum atomic E-state index is 12.6. The Bertz CT molecular complexity index is 588. The van der Waals surface area contributed by atoms with E-state index in [9.17, 15) is 9.90 Å². The van der Waals surface area contributed by atoms with Crippen molar-refractivity contribution in [1.29, 1.82) is 0 Å². The van der Waals surface area contributed by atoms with Crippen molar-refractivity contribution in [3.63, 3.8) is 0 Å². The van der Waals surface area contributed by atoms with E-state index in [1.165, 1.54) is 19.3 Å². The minimum absolute atomic E-state index is 0.0145. The molecule has 0 aromatic heterocycles. The summed E-state index contributed by atoms with van der Waals surface area (Å²) in [5, 5.41) is 12.8. The minimum Gasteiger partial charge on any atom is -0.508 e. The van der Waals surface area contributed by atoms with Gasteiger partial charge in [0.05, 0.1) is 0 Å². The molecule has 21 heavy (non-hydrogen) atoms. The first-order chi connectivity index (χ1) is 9.74. The molecule has 0 radical (unpaired) electrons. The van der Waals surface area contributed by atoms with Crippen molar-refractivity contribution in [1.82, 2.24) is 5.32 Å². The molecule has 3 nitrogen and oxygen atoms in total. The Kier molecular flexibility index (Phi) is 3.09. The van der Waals surface area contributed by atoms with Crippen LogP contribution in [0.1, 0.15) is 56.0 Å². The fourth-order valence-electron chi connectivity index (χ4n) is 4.77. The summed E-state index contributed by atoms with van der Waals surface area (Å²) in [6, 6.07) is 5.16. The summed E-state index contributed by atoms with van der Waals surface area (Å²) in [4.78, 5) is 12.6. The van der Waals surface area contributed by atoms with Gasteiger partial charge in [0.25, 0.3) is 5.91 Å². The molecular formula is C18H25NO2. The van der Waals surface area contributed by atoms with Gasteiger partial charge in [0.2, 0.25) is 0 Å². The molecular weight excluding hydrogens is 262 g/mol. The standard InChI is InChI=1S/C18H25NO2/c1-11-9-13(20)5-6-14(11)15(21)19-16-17(2,3)12-7-8-18(16,4)10-12/h5-6,9,12,16,20H,7-8,10H2,1-4H3,(H,19,21). The summed E-state index contributed by atoms with van der Waals surface area (Å²) in [5.41, 5.74) is 1.87. The largest absolute Gasteiger partial charge is 0.508 e. The Balaban J connectivity index is 1.85. The molecule has 2 bridgehead atoms. The van der Waals surface area contributed by atoms with E-state index < -0.39 is 0 Å². The molecule has 0 spiro atoms. The van der Waals surface area contributed by atoms with E-state index in [4.69, 9.17) is 0 Å². The second kappa shape index (κ2) is 4.49. The molecule has 1 aromatic rings. The van der Waals surface area contributed by atoms with Crippen molar-refractivity contribution in [2.75, 3.05) is 0 Å². The van der Waals surface area contributed by atoms with Crippen molar-refractivity contribution >= 4 is 5.91 Å². The number of rotatable bonds is 2. The van der Waals surface area contributed by atoms with Crippen LogP contribution in [0.15, 0.2) is 18.2 Å². The predicted octanol–water partition coefficient (Wildman–Crippen LogP) is 3.65. The highest BCUT2D eigenvalue weighted by Crippen LogP contribution is 2.62. The van der Waals surface area contributed by atoms with Gasteiger partial charge in [-0.25, -0.2) is 0 Å². The van der Waals surface area contributed by atoms with Gasteiger partial charge in [-0.15, -0.1) is 0 Å². The summed E-state index contributed by atoms with van der Waals surface area (Å²) in [6.07, 6.45) is 3.72. The lowest BCUT2D eigenvalue weighted by atomic mass is 9.68. The smallest absolute Gasteiger partial charge is 0.251 e. The maximum Gasteiger partial charge on any atom is 0.251 e. The van der Waals surface area contributed by atoms with Gasteiger partial charge in [0, 0.05) is 11.6 Å². The first-order valence-corrected chi connectivity index (χ1v) is 7.84. The topological polar surface area (TPSA) is 49.3 Å². The lowest BCUT2D eigenvalue weighted by Gasteiger charge is -2.43. The highest BCUT2D eigenvalue weighted by atomic mass is 16.3. The van der Waals surface area contributed by atoms with Crippen LogP contribution in [0.25, 0.3) is 0 Å². The molecule has 2 fully saturated rings. The Morgan fingerprint density at radius 2 is 2.05 bits per heavy atom. The lowest BCUT2D eigenvalue weighted by molar-refractivity contribution is 0.0737. The summed E-state index contributed by atoms with van der Waals surface area (Å²) in [6.45, 7) is 8.76. The summed E-state index contributed by atoms with van der Waals surface area (Å²) in [5.74, 6) is 0.907. The SMILES string of the molecule is Cc1cc(O)ccc1C(=O)NC1C2(C)CCC(C2)C1(C)C. The third-order valence-corrected chi connectivity index (χ3v) is 6.00. The van der Waals surface area contributed by atoms with Crippen LogP contribution >= 0.6 is 0 Å². The Morgan fingerprint density at radius 1 is 1.33 bits per heavy atom. The number of hydrogen-bond donors (Lipinski definition) is 2. The average molecular weight is 287 g/mol. The number of hydrogen-bond acceptors (Lipinski definition) is 2. The molecule has 2 saturated carbocycles. The molecule has 2 N–H and O–H groups in total. The van der Waals surface area contributed by atoms with Gasteiger partial charge < -0.3 is 10.4 Å². The van der Waals surface area contributed by atoms with Crippen molar-refractivity contribution in [2.24, 2.45) is 16.7 Å². The van der Waals surface area contributed by atoms with E-state index in [0.29, 0.717) is 11.5 Å². The van der Waals surface area contributed by atoms with E-state index in [-0.39, 0.29) is 28.5 Å². The fraction of sp³-hybridized carbons (Fsp3) is 0.611. The molecule has 0 heterocycles. The fourth-order valence-corrected chi connectivity index (χ4v) is 4.77. The van der Waals surface area contributed by atoms with Gasteiger partial charge in [0.15, 0.2) is 0 Å². The Hall–Kier alpha value is -1.51. The number of nitrogens with one attached hydrogen (secondary N) is 1. The van der Waals surface area contributed by atoms with Crippen molar-refractivity contribution in [3.8, 4) is 5.75 Å². The average Bonchev–Trinajstić information content (AvgIpc) is 2.85. The third-order valence-electron chi connectivity index (χ3n) is 6.00. The zero-order valence-electron chi connectivity index (χ0n) is 13.4. The number of aromatic hydroxyl groups is 1. The van der Waals surface area contributed by atoms with E-state index in [1.807, 2.05) is 6.92 Å². The number of phenols is 1. The second-order valence-electron chi connectivity index (χ2n) is 7.82. The van der Waals surface area contributed by atoms with E-state index in [1.54, 1.807) is 18.2 Å². The zero-order valence-corrected chi connectivity index (χ0v) is 13.4. The first kappa shape index (κ1) is 14.4. The highest BCUT2D eigenvalue weighted by Gasteiger charge is 2.59. The number of carbonyl (C=O) groups is 1. The zero-order chi connectivity index (χ0) is 15.4. The van der Waals surface area contributed by atoms with Crippen LogP contribution < -0.4 is 5.32 Å². The number of phenolic OH excluding ortho intramolecular Hbond substituents is 1. The number of carbonyl (C=O) groups excluding carboxylic acids is 1. The molecule has 3 heteroatoms. The normalized spacial score (nSPS) is 33.1. The second-order valence-corrected chi connectivity index (χ2v) is 7.82. The lowest BCUT2D eigenvalue weighted by Crippen LogP contribution is -2.52. The van der Waals surface area contributed by atoms with Crippen molar-refractivity contribution < 1.29 is 9.90 Å². The predicted molar refractivity (Wildman–Crippen MR) is 83.3 cm³/mol. The summed E-state index contributed by atoms with van der Waals surface area (Å²) >= 11 is 0. The van der Waals surface area contributed by atoms with Gasteiger partial charge in [0.1, 0.15) is 5.75 Å². The van der Waals surface area contributed by atoms with Gasteiger partial charge in [-0.1, -0.05) is 20.8 Å². The minimum atomic E-state index is -0.0145. The first-order valence-electron chi connectivity index (χ1n) is 7.84. The molecule has 3 atom stereocenters. The number of fused-ring (bicyclic) bond motifs is 2. The number of amides is 1. The van der Waals surface area contributed by atoms with Crippen LogP contribution in [0.2, 0.25) is 0 Å². The molecule has 1 aromatic carbocycles. The molecule has 1 amide bonds. The van der Waals surface area contributed by atoms with Gasteiger partial charge in [-0.3, -0.25) is 4.79 Å². The molecule has 3 rings (SSSR count).